The van der Waals surface area contributed by atoms with Crippen LogP contribution in [0.4, 0.5) is 13.2 Å². The molecule has 2 aromatic rings. The zero-order valence-electron chi connectivity index (χ0n) is 18.5. The maximum Gasteiger partial charge on any atom is 0.424 e. The van der Waals surface area contributed by atoms with Crippen molar-refractivity contribution in [2.45, 2.75) is 44.5 Å². The van der Waals surface area contributed by atoms with E-state index in [-0.39, 0.29) is 36.6 Å². The standard InChI is InChI=1S/C20H30F3N7O.HI/c1-4-25-18(29-10-5-15(2)16(13-29)30-12-8-24-14-30)27-7-6-19(31,20(21,22)23)17-26-9-11-28(17)3;/h8-9,11-12,14-16,31H,4-7,10,13H2,1-3H3,(H,25,27);1H. The summed E-state index contributed by atoms with van der Waals surface area (Å²) in [5, 5.41) is 13.7. The number of nitrogens with one attached hydrogen (secondary N) is 1. The Hall–Kier alpha value is -1.83. The number of aliphatic hydroxyl groups is 1. The Balaban J connectivity index is 0.00000363. The molecule has 0 aromatic carbocycles. The number of aryl methyl sites for hydroxylation is 1. The molecule has 0 spiro atoms. The highest BCUT2D eigenvalue weighted by molar-refractivity contribution is 14.0. The molecule has 32 heavy (non-hydrogen) atoms. The number of guanidine groups is 1. The van der Waals surface area contributed by atoms with Gasteiger partial charge >= 0.3 is 6.18 Å². The zero-order chi connectivity index (χ0) is 22.6. The molecule has 1 aliphatic heterocycles. The summed E-state index contributed by atoms with van der Waals surface area (Å²) in [5.74, 6) is 0.545. The number of alkyl halides is 3. The summed E-state index contributed by atoms with van der Waals surface area (Å²) in [6, 6.07) is 0.194. The zero-order valence-corrected chi connectivity index (χ0v) is 20.8. The second-order valence-electron chi connectivity index (χ2n) is 7.99. The van der Waals surface area contributed by atoms with Crippen LogP contribution in [0.2, 0.25) is 0 Å². The van der Waals surface area contributed by atoms with E-state index in [9.17, 15) is 18.3 Å². The minimum Gasteiger partial charge on any atom is -0.374 e. The van der Waals surface area contributed by atoms with Gasteiger partial charge in [-0.25, -0.2) is 9.97 Å². The second kappa shape index (κ2) is 10.9. The molecule has 1 fully saturated rings. The average molecular weight is 569 g/mol. The summed E-state index contributed by atoms with van der Waals surface area (Å²) in [5.41, 5.74) is -3.07. The Morgan fingerprint density at radius 2 is 2.06 bits per heavy atom. The minimum absolute atomic E-state index is 0. The van der Waals surface area contributed by atoms with Gasteiger partial charge in [-0.05, 0) is 19.3 Å². The third kappa shape index (κ3) is 5.56. The highest BCUT2D eigenvalue weighted by Gasteiger charge is 2.57. The van der Waals surface area contributed by atoms with Gasteiger partial charge in [0.1, 0.15) is 5.82 Å². The molecule has 0 amide bonds. The molecule has 1 saturated heterocycles. The van der Waals surface area contributed by atoms with Crippen molar-refractivity contribution in [3.8, 4) is 0 Å². The van der Waals surface area contributed by atoms with E-state index < -0.39 is 24.0 Å². The molecule has 0 saturated carbocycles. The first kappa shape index (κ1) is 26.4. The molecule has 3 rings (SSSR count). The molecule has 3 heterocycles. The largest absolute Gasteiger partial charge is 0.424 e. The number of halogens is 4. The van der Waals surface area contributed by atoms with Crippen LogP contribution in [0.1, 0.15) is 38.6 Å². The molecular weight excluding hydrogens is 538 g/mol. The number of hydrogen-bond donors (Lipinski definition) is 2. The lowest BCUT2D eigenvalue weighted by Crippen LogP contribution is -2.49. The van der Waals surface area contributed by atoms with Crippen LogP contribution in [-0.4, -0.2) is 67.4 Å². The van der Waals surface area contributed by atoms with Crippen LogP contribution >= 0.6 is 24.0 Å². The SMILES string of the molecule is CCNC(=NCCC(O)(c1nccn1C)C(F)(F)F)N1CCC(C)C(n2ccnc2)C1.I. The topological polar surface area (TPSA) is 83.5 Å². The number of piperidine rings is 1. The lowest BCUT2D eigenvalue weighted by atomic mass is 9.93. The Kier molecular flexibility index (Phi) is 8.97. The van der Waals surface area contributed by atoms with Crippen molar-refractivity contribution >= 4 is 29.9 Å². The van der Waals surface area contributed by atoms with Gasteiger partial charge in [0, 0.05) is 64.4 Å². The number of likely N-dealkylation sites (tertiary alicyclic amines) is 1. The quantitative estimate of drug-likeness (QED) is 0.318. The summed E-state index contributed by atoms with van der Waals surface area (Å²) in [4.78, 5) is 14.3. The first-order chi connectivity index (χ1) is 14.7. The Labute approximate surface area is 203 Å². The van der Waals surface area contributed by atoms with Gasteiger partial charge in [0.2, 0.25) is 5.60 Å². The van der Waals surface area contributed by atoms with Crippen molar-refractivity contribution in [1.82, 2.24) is 29.3 Å². The normalized spacial score (nSPS) is 21.7. The van der Waals surface area contributed by atoms with E-state index >= 15 is 0 Å². The minimum atomic E-state index is -4.87. The van der Waals surface area contributed by atoms with Gasteiger partial charge in [0.05, 0.1) is 12.4 Å². The van der Waals surface area contributed by atoms with Crippen molar-refractivity contribution < 1.29 is 18.3 Å². The number of aliphatic imine (C=N–C) groups is 1. The molecule has 0 aliphatic carbocycles. The van der Waals surface area contributed by atoms with E-state index in [1.165, 1.54) is 24.0 Å². The van der Waals surface area contributed by atoms with Crippen molar-refractivity contribution in [2.24, 2.45) is 18.0 Å². The summed E-state index contributed by atoms with van der Waals surface area (Å²) < 4.78 is 44.5. The summed E-state index contributed by atoms with van der Waals surface area (Å²) in [6.07, 6.45) is 3.50. The van der Waals surface area contributed by atoms with Crippen LogP contribution in [0.3, 0.4) is 0 Å². The molecule has 3 atom stereocenters. The fourth-order valence-corrected chi connectivity index (χ4v) is 3.99. The van der Waals surface area contributed by atoms with Crippen molar-refractivity contribution in [2.75, 3.05) is 26.2 Å². The third-order valence-electron chi connectivity index (χ3n) is 5.86. The van der Waals surface area contributed by atoms with Crippen molar-refractivity contribution in [3.05, 3.63) is 36.9 Å². The monoisotopic (exact) mass is 569 g/mol. The van der Waals surface area contributed by atoms with E-state index in [2.05, 4.69) is 36.7 Å². The van der Waals surface area contributed by atoms with Gasteiger partial charge in [0.25, 0.3) is 0 Å². The smallest absolute Gasteiger partial charge is 0.374 e. The fraction of sp³-hybridized carbons (Fsp3) is 0.650. The highest BCUT2D eigenvalue weighted by atomic mass is 127. The summed E-state index contributed by atoms with van der Waals surface area (Å²) in [6.45, 7) is 5.90. The van der Waals surface area contributed by atoms with Gasteiger partial charge in [-0.1, -0.05) is 6.92 Å². The predicted molar refractivity (Wildman–Crippen MR) is 126 cm³/mol. The van der Waals surface area contributed by atoms with Crippen LogP contribution in [0.15, 0.2) is 36.1 Å². The summed E-state index contributed by atoms with van der Waals surface area (Å²) >= 11 is 0. The molecule has 3 unspecified atom stereocenters. The first-order valence-electron chi connectivity index (χ1n) is 10.4. The average Bonchev–Trinajstić information content (AvgIpc) is 3.39. The van der Waals surface area contributed by atoms with E-state index in [1.54, 1.807) is 12.5 Å². The van der Waals surface area contributed by atoms with E-state index in [0.717, 1.165) is 13.0 Å². The van der Waals surface area contributed by atoms with Crippen molar-refractivity contribution in [1.29, 1.82) is 0 Å². The first-order valence-corrected chi connectivity index (χ1v) is 10.4. The molecular formula is C20H31F3IN7O. The molecule has 8 nitrogen and oxygen atoms in total. The van der Waals surface area contributed by atoms with Gasteiger partial charge in [-0.15, -0.1) is 24.0 Å². The molecule has 180 valence electrons. The van der Waals surface area contributed by atoms with Gasteiger partial charge in [-0.3, -0.25) is 4.99 Å². The van der Waals surface area contributed by atoms with Crippen molar-refractivity contribution in [3.63, 3.8) is 0 Å². The van der Waals surface area contributed by atoms with Gasteiger partial charge in [0.15, 0.2) is 5.96 Å². The maximum atomic E-state index is 13.7. The van der Waals surface area contributed by atoms with E-state index in [1.807, 2.05) is 13.1 Å². The van der Waals surface area contributed by atoms with Crippen LogP contribution in [-0.2, 0) is 12.6 Å². The van der Waals surface area contributed by atoms with Crippen LogP contribution in [0.5, 0.6) is 0 Å². The molecule has 1 aliphatic rings. The number of hydrogen-bond acceptors (Lipinski definition) is 4. The molecule has 12 heteroatoms. The number of imidazole rings is 2. The maximum absolute atomic E-state index is 13.7. The second-order valence-corrected chi connectivity index (χ2v) is 7.99. The Bertz CT molecular complexity index is 871. The Morgan fingerprint density at radius 1 is 1.31 bits per heavy atom. The van der Waals surface area contributed by atoms with E-state index in [4.69, 9.17) is 0 Å². The van der Waals surface area contributed by atoms with E-state index in [0.29, 0.717) is 25.0 Å². The van der Waals surface area contributed by atoms with Crippen LogP contribution in [0, 0.1) is 5.92 Å². The molecule has 2 aromatic heterocycles. The molecule has 0 radical (unpaired) electrons. The molecule has 2 N–H and O–H groups in total. The number of nitrogens with zero attached hydrogens (tertiary/aromatic N) is 6. The number of rotatable bonds is 6. The Morgan fingerprint density at radius 3 is 2.62 bits per heavy atom. The van der Waals surface area contributed by atoms with Gasteiger partial charge < -0.3 is 24.5 Å². The van der Waals surface area contributed by atoms with Crippen LogP contribution < -0.4 is 5.32 Å². The van der Waals surface area contributed by atoms with Crippen LogP contribution in [0.25, 0.3) is 0 Å². The lowest BCUT2D eigenvalue weighted by molar-refractivity contribution is -0.272. The number of aromatic nitrogens is 4. The predicted octanol–water partition coefficient (Wildman–Crippen LogP) is 2.92. The van der Waals surface area contributed by atoms with Gasteiger partial charge in [-0.2, -0.15) is 13.2 Å². The highest BCUT2D eigenvalue weighted by Crippen LogP contribution is 2.40. The summed E-state index contributed by atoms with van der Waals surface area (Å²) in [7, 11) is 1.43. The fourth-order valence-electron chi connectivity index (χ4n) is 3.99. The molecule has 0 bridgehead atoms. The lowest BCUT2D eigenvalue weighted by Gasteiger charge is -2.39. The third-order valence-corrected chi connectivity index (χ3v) is 5.86.